The number of amides is 1. The van der Waals surface area contributed by atoms with Crippen molar-refractivity contribution in [1.82, 2.24) is 0 Å². The zero-order valence-electron chi connectivity index (χ0n) is 12.9. The summed E-state index contributed by atoms with van der Waals surface area (Å²) in [5.74, 6) is 1.46. The van der Waals surface area contributed by atoms with E-state index in [1.807, 2.05) is 54.6 Å². The Hall–Kier alpha value is -2.53. The number of hydrogen-bond acceptors (Lipinski definition) is 4. The molecule has 0 saturated heterocycles. The molecule has 2 aromatic rings. The van der Waals surface area contributed by atoms with Crippen LogP contribution < -0.4 is 10.5 Å². The van der Waals surface area contributed by atoms with Gasteiger partial charge in [-0.2, -0.15) is 0 Å². The first-order valence-electron chi connectivity index (χ1n) is 7.59. The van der Waals surface area contributed by atoms with E-state index in [0.717, 1.165) is 17.7 Å². The molecule has 0 radical (unpaired) electrons. The largest absolute Gasteiger partial charge is 0.457 e. The van der Waals surface area contributed by atoms with Crippen LogP contribution in [0.4, 0.5) is 4.79 Å². The van der Waals surface area contributed by atoms with Crippen molar-refractivity contribution in [3.63, 3.8) is 0 Å². The van der Waals surface area contributed by atoms with Crippen molar-refractivity contribution in [2.75, 3.05) is 6.61 Å². The van der Waals surface area contributed by atoms with Crippen LogP contribution in [0.1, 0.15) is 30.9 Å². The lowest BCUT2D eigenvalue weighted by atomic mass is 10.0. The third-order valence-corrected chi connectivity index (χ3v) is 3.36. The van der Waals surface area contributed by atoms with Crippen molar-refractivity contribution >= 4 is 6.09 Å². The lowest BCUT2D eigenvalue weighted by molar-refractivity contribution is 0.0984. The molecule has 5 heteroatoms. The van der Waals surface area contributed by atoms with Gasteiger partial charge in [-0.25, -0.2) is 4.79 Å². The quantitative estimate of drug-likeness (QED) is 0.726. The van der Waals surface area contributed by atoms with Crippen molar-refractivity contribution in [3.05, 3.63) is 60.2 Å². The molecule has 2 rings (SSSR count). The zero-order valence-corrected chi connectivity index (χ0v) is 12.9. The SMILES string of the molecule is NC(=O)OC(CCCCO)c1ccc(Oc2ccccc2)cc1. The number of unbranched alkanes of at least 4 members (excludes halogenated alkanes) is 1. The molecule has 3 N–H and O–H groups in total. The molecule has 0 fully saturated rings. The molecule has 0 bridgehead atoms. The highest BCUT2D eigenvalue weighted by Gasteiger charge is 2.15. The van der Waals surface area contributed by atoms with Gasteiger partial charge < -0.3 is 20.3 Å². The van der Waals surface area contributed by atoms with Crippen LogP contribution in [0.2, 0.25) is 0 Å². The van der Waals surface area contributed by atoms with Crippen molar-refractivity contribution in [2.45, 2.75) is 25.4 Å². The number of rotatable bonds is 8. The minimum absolute atomic E-state index is 0.118. The average molecular weight is 315 g/mol. The van der Waals surface area contributed by atoms with E-state index in [9.17, 15) is 4.79 Å². The normalized spacial score (nSPS) is 11.7. The first kappa shape index (κ1) is 16.8. The predicted molar refractivity (Wildman–Crippen MR) is 87.3 cm³/mol. The Kier molecular flexibility index (Phi) is 6.44. The van der Waals surface area contributed by atoms with Crippen LogP contribution in [-0.2, 0) is 4.74 Å². The van der Waals surface area contributed by atoms with E-state index in [2.05, 4.69) is 0 Å². The van der Waals surface area contributed by atoms with Gasteiger partial charge >= 0.3 is 6.09 Å². The molecule has 2 aromatic carbocycles. The molecule has 1 amide bonds. The summed E-state index contributed by atoms with van der Waals surface area (Å²) >= 11 is 0. The fourth-order valence-electron chi connectivity index (χ4n) is 2.25. The lowest BCUT2D eigenvalue weighted by Gasteiger charge is -2.17. The van der Waals surface area contributed by atoms with Crippen LogP contribution >= 0.6 is 0 Å². The molecule has 23 heavy (non-hydrogen) atoms. The van der Waals surface area contributed by atoms with Gasteiger partial charge in [0.1, 0.15) is 17.6 Å². The third-order valence-electron chi connectivity index (χ3n) is 3.36. The van der Waals surface area contributed by atoms with Crippen molar-refractivity contribution in [3.8, 4) is 11.5 Å². The number of benzene rings is 2. The number of nitrogens with two attached hydrogens (primary N) is 1. The maximum absolute atomic E-state index is 11.0. The first-order chi connectivity index (χ1) is 11.2. The highest BCUT2D eigenvalue weighted by atomic mass is 16.6. The van der Waals surface area contributed by atoms with Crippen LogP contribution in [0.15, 0.2) is 54.6 Å². The van der Waals surface area contributed by atoms with Gasteiger partial charge in [0, 0.05) is 6.61 Å². The Morgan fingerprint density at radius 3 is 2.26 bits per heavy atom. The monoisotopic (exact) mass is 315 g/mol. The van der Waals surface area contributed by atoms with Crippen LogP contribution in [0.5, 0.6) is 11.5 Å². The molecule has 0 aliphatic rings. The number of primary amides is 1. The molecule has 0 spiro atoms. The molecule has 0 aliphatic carbocycles. The number of carbonyl (C=O) groups excluding carboxylic acids is 1. The van der Waals surface area contributed by atoms with Crippen molar-refractivity contribution in [2.24, 2.45) is 5.73 Å². The summed E-state index contributed by atoms with van der Waals surface area (Å²) in [4.78, 5) is 11.0. The van der Waals surface area contributed by atoms with E-state index in [0.29, 0.717) is 18.6 Å². The van der Waals surface area contributed by atoms with Gasteiger partial charge in [-0.15, -0.1) is 0 Å². The molecule has 0 aliphatic heterocycles. The molecule has 1 atom stereocenters. The molecule has 0 heterocycles. The molecular weight excluding hydrogens is 294 g/mol. The number of aliphatic hydroxyl groups excluding tert-OH is 1. The minimum atomic E-state index is -0.802. The summed E-state index contributed by atoms with van der Waals surface area (Å²) in [6, 6.07) is 16.8. The summed E-state index contributed by atoms with van der Waals surface area (Å²) in [6.45, 7) is 0.118. The second-order valence-corrected chi connectivity index (χ2v) is 5.13. The number of hydrogen-bond donors (Lipinski definition) is 2. The molecule has 5 nitrogen and oxygen atoms in total. The third kappa shape index (κ3) is 5.64. The number of aliphatic hydroxyl groups is 1. The van der Waals surface area contributed by atoms with E-state index < -0.39 is 12.2 Å². The summed E-state index contributed by atoms with van der Waals surface area (Å²) in [6.07, 6.45) is 0.806. The Morgan fingerprint density at radius 1 is 1.00 bits per heavy atom. The van der Waals surface area contributed by atoms with Gasteiger partial charge in [0.05, 0.1) is 0 Å². The van der Waals surface area contributed by atoms with Crippen LogP contribution in [0.25, 0.3) is 0 Å². The minimum Gasteiger partial charge on any atom is -0.457 e. The maximum Gasteiger partial charge on any atom is 0.405 e. The molecule has 1 unspecified atom stereocenters. The second-order valence-electron chi connectivity index (χ2n) is 5.13. The summed E-state index contributed by atoms with van der Waals surface area (Å²) in [7, 11) is 0. The Morgan fingerprint density at radius 2 is 1.65 bits per heavy atom. The van der Waals surface area contributed by atoms with Crippen LogP contribution in [0.3, 0.4) is 0 Å². The van der Waals surface area contributed by atoms with Gasteiger partial charge in [0.25, 0.3) is 0 Å². The van der Waals surface area contributed by atoms with Crippen molar-refractivity contribution in [1.29, 1.82) is 0 Å². The van der Waals surface area contributed by atoms with Gasteiger partial charge in [-0.1, -0.05) is 30.3 Å². The van der Waals surface area contributed by atoms with Crippen LogP contribution in [0, 0.1) is 0 Å². The van der Waals surface area contributed by atoms with Crippen LogP contribution in [-0.4, -0.2) is 17.8 Å². The summed E-state index contributed by atoms with van der Waals surface area (Å²) in [5.41, 5.74) is 5.98. The lowest BCUT2D eigenvalue weighted by Crippen LogP contribution is -2.17. The van der Waals surface area contributed by atoms with E-state index in [-0.39, 0.29) is 6.61 Å². The van der Waals surface area contributed by atoms with E-state index >= 15 is 0 Å². The Balaban J connectivity index is 2.03. The average Bonchev–Trinajstić information content (AvgIpc) is 2.55. The zero-order chi connectivity index (χ0) is 16.5. The maximum atomic E-state index is 11.0. The predicted octanol–water partition coefficient (Wildman–Crippen LogP) is 3.78. The van der Waals surface area contributed by atoms with Gasteiger partial charge in [0.2, 0.25) is 0 Å². The van der Waals surface area contributed by atoms with Gasteiger partial charge in [0.15, 0.2) is 0 Å². The van der Waals surface area contributed by atoms with Gasteiger partial charge in [-0.3, -0.25) is 0 Å². The van der Waals surface area contributed by atoms with E-state index in [1.54, 1.807) is 0 Å². The molecule has 122 valence electrons. The fraction of sp³-hybridized carbons (Fsp3) is 0.278. The molecule has 0 aromatic heterocycles. The highest BCUT2D eigenvalue weighted by Crippen LogP contribution is 2.27. The molecular formula is C18H21NO4. The van der Waals surface area contributed by atoms with E-state index in [1.165, 1.54) is 0 Å². The topological polar surface area (TPSA) is 81.8 Å². The van der Waals surface area contributed by atoms with E-state index in [4.69, 9.17) is 20.3 Å². The second kappa shape index (κ2) is 8.80. The smallest absolute Gasteiger partial charge is 0.405 e. The van der Waals surface area contributed by atoms with Crippen molar-refractivity contribution < 1.29 is 19.4 Å². The first-order valence-corrected chi connectivity index (χ1v) is 7.59. The van der Waals surface area contributed by atoms with Gasteiger partial charge in [-0.05, 0) is 49.1 Å². The molecule has 0 saturated carbocycles. The summed E-state index contributed by atoms with van der Waals surface area (Å²) in [5, 5.41) is 8.86. The Labute approximate surface area is 135 Å². The highest BCUT2D eigenvalue weighted by molar-refractivity contribution is 5.65. The fourth-order valence-corrected chi connectivity index (χ4v) is 2.25. The summed E-state index contributed by atoms with van der Waals surface area (Å²) < 4.78 is 10.9. The standard InChI is InChI=1S/C18H21NO4/c19-18(21)23-17(8-4-5-13-20)14-9-11-16(12-10-14)22-15-6-2-1-3-7-15/h1-3,6-7,9-12,17,20H,4-5,8,13H2,(H2,19,21). The number of ether oxygens (including phenoxy) is 2. The number of carbonyl (C=O) groups is 1. The number of para-hydroxylation sites is 1. The Bertz CT molecular complexity index is 598.